The molecular formula is C46H53ClN6O7S2. The van der Waals surface area contributed by atoms with Gasteiger partial charge in [-0.2, -0.15) is 0 Å². The van der Waals surface area contributed by atoms with E-state index in [1.165, 1.54) is 16.7 Å². The lowest BCUT2D eigenvalue weighted by molar-refractivity contribution is -0.384. The number of nitrogens with zero attached hydrogens (tertiary/aromatic N) is 4. The molecule has 2 heterocycles. The van der Waals surface area contributed by atoms with Gasteiger partial charge in [-0.1, -0.05) is 61.4 Å². The first-order valence-corrected chi connectivity index (χ1v) is 23.7. The molecule has 1 aliphatic carbocycles. The lowest BCUT2D eigenvalue weighted by Crippen LogP contribution is -2.47. The number of cyclic esters (lactones) is 1. The number of esters is 1. The van der Waals surface area contributed by atoms with Gasteiger partial charge in [0.1, 0.15) is 12.3 Å². The number of anilines is 2. The number of piperazine rings is 1. The zero-order valence-corrected chi connectivity index (χ0v) is 37.7. The van der Waals surface area contributed by atoms with E-state index in [-0.39, 0.29) is 34.9 Å². The molecule has 4 aromatic rings. The number of likely N-dealkylation sites (N-methyl/N-ethyl adjacent to an activating group) is 1. The van der Waals surface area contributed by atoms with Crippen molar-refractivity contribution in [1.29, 1.82) is 0 Å². The van der Waals surface area contributed by atoms with E-state index in [4.69, 9.17) is 16.3 Å². The Morgan fingerprint density at radius 2 is 1.69 bits per heavy atom. The number of hydrogen-bond acceptors (Lipinski definition) is 12. The molecule has 62 heavy (non-hydrogen) atoms. The molecule has 3 aliphatic rings. The van der Waals surface area contributed by atoms with E-state index in [1.54, 1.807) is 36.0 Å². The molecular weight excluding hydrogens is 848 g/mol. The van der Waals surface area contributed by atoms with E-state index in [9.17, 15) is 28.1 Å². The van der Waals surface area contributed by atoms with Crippen LogP contribution in [-0.4, -0.2) is 106 Å². The molecule has 1 amide bonds. The molecule has 0 spiro atoms. The number of rotatable bonds is 11. The van der Waals surface area contributed by atoms with Crippen LogP contribution in [0.5, 0.6) is 0 Å². The van der Waals surface area contributed by atoms with Gasteiger partial charge in [-0.05, 0) is 110 Å². The van der Waals surface area contributed by atoms with Crippen LogP contribution in [0.4, 0.5) is 17.1 Å². The van der Waals surface area contributed by atoms with Gasteiger partial charge in [0.05, 0.1) is 15.4 Å². The van der Waals surface area contributed by atoms with Crippen LogP contribution in [0.1, 0.15) is 65.8 Å². The Balaban J connectivity index is 1.03. The molecule has 7 rings (SSSR count). The van der Waals surface area contributed by atoms with Gasteiger partial charge in [0.15, 0.2) is 0 Å². The third-order valence-corrected chi connectivity index (χ3v) is 14.6. The smallest absolute Gasteiger partial charge is 0.340 e. The van der Waals surface area contributed by atoms with Crippen molar-refractivity contribution in [2.75, 3.05) is 75.4 Å². The Bertz CT molecular complexity index is 2410. The minimum atomic E-state index is -4.69. The molecule has 0 unspecified atom stereocenters. The number of ether oxygens (including phenoxy) is 1. The van der Waals surface area contributed by atoms with Crippen molar-refractivity contribution in [3.05, 3.63) is 128 Å². The van der Waals surface area contributed by atoms with E-state index in [0.717, 1.165) is 79.7 Å². The van der Waals surface area contributed by atoms with Gasteiger partial charge in [0, 0.05) is 78.3 Å². The van der Waals surface area contributed by atoms with Crippen molar-refractivity contribution in [2.24, 2.45) is 5.41 Å². The quantitative estimate of drug-likeness (QED) is 0.0645. The highest BCUT2D eigenvalue weighted by Crippen LogP contribution is 2.43. The number of amides is 1. The summed E-state index contributed by atoms with van der Waals surface area (Å²) in [6, 6.07) is 26.1. The summed E-state index contributed by atoms with van der Waals surface area (Å²) >= 11 is 7.77. The highest BCUT2D eigenvalue weighted by molar-refractivity contribution is 7.99. The first-order chi connectivity index (χ1) is 29.6. The van der Waals surface area contributed by atoms with E-state index in [1.807, 2.05) is 54.4 Å². The van der Waals surface area contributed by atoms with E-state index < -0.39 is 37.4 Å². The van der Waals surface area contributed by atoms with E-state index >= 15 is 0 Å². The Morgan fingerprint density at radius 3 is 2.39 bits per heavy atom. The molecule has 0 bridgehead atoms. The molecule has 4 aromatic carbocycles. The van der Waals surface area contributed by atoms with E-state index in [2.05, 4.69) is 45.8 Å². The Labute approximate surface area is 373 Å². The van der Waals surface area contributed by atoms with Crippen LogP contribution in [0.15, 0.2) is 106 Å². The second-order valence-electron chi connectivity index (χ2n) is 17.0. The summed E-state index contributed by atoms with van der Waals surface area (Å²) in [5.74, 6) is -1.32. The number of nitrogens with one attached hydrogen (secondary N) is 2. The van der Waals surface area contributed by atoms with Crippen molar-refractivity contribution in [3.8, 4) is 0 Å². The van der Waals surface area contributed by atoms with Gasteiger partial charge >= 0.3 is 5.97 Å². The first kappa shape index (κ1) is 45.1. The number of allylic oxidation sites excluding steroid dienone is 1. The van der Waals surface area contributed by atoms with Gasteiger partial charge in [-0.25, -0.2) is 17.9 Å². The zero-order chi connectivity index (χ0) is 44.0. The standard InChI is InChI=1S/C46H53ClN6O7S2/c1-46(2)19-17-34(41(29-46)32-9-13-35(47)14-10-32)30-51-21-23-52(24-22-51)37-15-11-33(12-16-37)44(54)49-62(58,59)39-27-40-43(42(28-39)53(56)57)48-36(31-61-38-7-5-4-6-8-38)18-20-50(3)25-26-60-45(40)55/h4-16,27-28,36,48H,17-26,29-31H2,1-3H3,(H,49,54)/t36-/m1/s1. The number of sulfonamides is 1. The summed E-state index contributed by atoms with van der Waals surface area (Å²) in [6.07, 6.45) is 3.81. The van der Waals surface area contributed by atoms with Crippen LogP contribution in [0.2, 0.25) is 5.02 Å². The van der Waals surface area contributed by atoms with Gasteiger partial charge < -0.3 is 19.9 Å². The molecule has 2 N–H and O–H groups in total. The molecule has 1 atom stereocenters. The number of benzene rings is 4. The maximum Gasteiger partial charge on any atom is 0.340 e. The zero-order valence-electron chi connectivity index (χ0n) is 35.3. The Morgan fingerprint density at radius 1 is 0.984 bits per heavy atom. The number of nitro benzene ring substituents is 1. The number of hydrogen-bond donors (Lipinski definition) is 2. The number of carbonyl (C=O) groups excluding carboxylic acids is 2. The maximum atomic E-state index is 13.8. The fraction of sp³-hybridized carbons (Fsp3) is 0.391. The molecule has 13 nitrogen and oxygen atoms in total. The Hall–Kier alpha value is -4.93. The van der Waals surface area contributed by atoms with Gasteiger partial charge in [-0.3, -0.25) is 19.8 Å². The summed E-state index contributed by atoms with van der Waals surface area (Å²) in [7, 11) is -2.80. The normalized spacial score (nSPS) is 19.1. The predicted molar refractivity (Wildman–Crippen MR) is 246 cm³/mol. The molecule has 2 aliphatic heterocycles. The van der Waals surface area contributed by atoms with Crippen LogP contribution >= 0.6 is 23.4 Å². The second-order valence-corrected chi connectivity index (χ2v) is 20.2. The average Bonchev–Trinajstić information content (AvgIpc) is 3.28. The highest BCUT2D eigenvalue weighted by Gasteiger charge is 2.33. The first-order valence-electron chi connectivity index (χ1n) is 20.9. The largest absolute Gasteiger partial charge is 0.461 e. The number of thioether (sulfide) groups is 1. The lowest BCUT2D eigenvalue weighted by Gasteiger charge is -2.39. The van der Waals surface area contributed by atoms with Gasteiger partial charge in [0.2, 0.25) is 0 Å². The summed E-state index contributed by atoms with van der Waals surface area (Å²) in [4.78, 5) is 45.8. The van der Waals surface area contributed by atoms with Gasteiger partial charge in [0.25, 0.3) is 21.6 Å². The van der Waals surface area contributed by atoms with Crippen LogP contribution < -0.4 is 14.9 Å². The topological polar surface area (TPSA) is 154 Å². The van der Waals surface area contributed by atoms with Crippen molar-refractivity contribution >= 4 is 67.9 Å². The molecule has 16 heteroatoms. The minimum Gasteiger partial charge on any atom is -0.461 e. The molecule has 1 saturated heterocycles. The SMILES string of the molecule is CN1CCOC(=O)c2cc(S(=O)(=O)NC(=O)c3ccc(N4CCN(CC5=C(c6ccc(Cl)cc6)CC(C)(C)CC5)CC4)cc3)cc([N+](=O)[O-])c2N[C@@H](CSc2ccccc2)CC1. The molecule has 0 radical (unpaired) electrons. The monoisotopic (exact) mass is 900 g/mol. The fourth-order valence-corrected chi connectivity index (χ4v) is 10.3. The van der Waals surface area contributed by atoms with Crippen LogP contribution in [0.25, 0.3) is 5.57 Å². The third-order valence-electron chi connectivity index (χ3n) is 11.8. The number of nitro groups is 1. The van der Waals surface area contributed by atoms with Crippen LogP contribution in [0.3, 0.4) is 0 Å². The Kier molecular flexibility index (Phi) is 14.3. The average molecular weight is 902 g/mol. The fourth-order valence-electron chi connectivity index (χ4n) is 8.15. The summed E-state index contributed by atoms with van der Waals surface area (Å²) in [6.45, 7) is 9.89. The lowest BCUT2D eigenvalue weighted by atomic mass is 9.72. The number of fused-ring (bicyclic) bond motifs is 1. The summed E-state index contributed by atoms with van der Waals surface area (Å²) < 4.78 is 35.0. The minimum absolute atomic E-state index is 0.00570. The van der Waals surface area contributed by atoms with Crippen LogP contribution in [-0.2, 0) is 14.8 Å². The molecule has 0 aromatic heterocycles. The number of halogens is 1. The predicted octanol–water partition coefficient (Wildman–Crippen LogP) is 8.22. The van der Waals surface area contributed by atoms with Crippen molar-refractivity contribution in [2.45, 2.75) is 55.4 Å². The van der Waals surface area contributed by atoms with Gasteiger partial charge in [-0.15, -0.1) is 11.8 Å². The molecule has 1 fully saturated rings. The highest BCUT2D eigenvalue weighted by atomic mass is 35.5. The third kappa shape index (κ3) is 11.4. The molecule has 328 valence electrons. The van der Waals surface area contributed by atoms with Crippen molar-refractivity contribution in [3.63, 3.8) is 0 Å². The van der Waals surface area contributed by atoms with E-state index in [0.29, 0.717) is 25.3 Å². The molecule has 0 saturated carbocycles. The maximum absolute atomic E-state index is 13.8. The van der Waals surface area contributed by atoms with Crippen LogP contribution in [0, 0.1) is 15.5 Å². The van der Waals surface area contributed by atoms with Crippen molar-refractivity contribution < 1.29 is 27.7 Å². The summed E-state index contributed by atoms with van der Waals surface area (Å²) in [5.41, 5.74) is 4.30. The summed E-state index contributed by atoms with van der Waals surface area (Å²) in [5, 5.41) is 16.5. The second kappa shape index (κ2) is 19.6. The number of carbonyl (C=O) groups is 2. The van der Waals surface area contributed by atoms with Crippen molar-refractivity contribution in [1.82, 2.24) is 14.5 Å².